The molecule has 1 aliphatic heterocycles. The molecule has 12 heteroatoms. The molecule has 1 unspecified atom stereocenters. The molecule has 2 N–H and O–H groups in total. The molecule has 0 aliphatic carbocycles. The van der Waals surface area contributed by atoms with Crippen molar-refractivity contribution in [2.75, 3.05) is 25.6 Å². The monoisotopic (exact) mass is 515 g/mol. The third kappa shape index (κ3) is 6.08. The van der Waals surface area contributed by atoms with Gasteiger partial charge in [-0.2, -0.15) is 0 Å². The van der Waals surface area contributed by atoms with Gasteiger partial charge in [-0.15, -0.1) is 0 Å². The number of nitro groups is 1. The van der Waals surface area contributed by atoms with E-state index in [4.69, 9.17) is 14.2 Å². The van der Waals surface area contributed by atoms with Crippen LogP contribution in [0.15, 0.2) is 58.9 Å². The number of carbonyl (C=O) groups excluding carboxylic acids is 3. The molecule has 0 fully saturated rings. The topological polar surface area (TPSA) is 146 Å². The van der Waals surface area contributed by atoms with Crippen LogP contribution in [-0.4, -0.2) is 43.1 Å². The van der Waals surface area contributed by atoms with Crippen LogP contribution < -0.4 is 15.4 Å². The highest BCUT2D eigenvalue weighted by Gasteiger charge is 2.39. The molecule has 2 aromatic rings. The highest BCUT2D eigenvalue weighted by atomic mass is 32.1. The molecule has 0 radical (unpaired) electrons. The fourth-order valence-corrected chi connectivity index (χ4v) is 4.68. The summed E-state index contributed by atoms with van der Waals surface area (Å²) in [6.07, 6.45) is 0. The van der Waals surface area contributed by atoms with Gasteiger partial charge in [0.25, 0.3) is 0 Å². The van der Waals surface area contributed by atoms with Crippen molar-refractivity contribution in [2.45, 2.75) is 26.7 Å². The average Bonchev–Trinajstić information content (AvgIpc) is 3.32. The fourth-order valence-electron chi connectivity index (χ4n) is 3.73. The summed E-state index contributed by atoms with van der Waals surface area (Å²) in [4.78, 5) is 48.0. The van der Waals surface area contributed by atoms with Gasteiger partial charge in [0.1, 0.15) is 19.0 Å². The van der Waals surface area contributed by atoms with Gasteiger partial charge in [0.05, 0.1) is 29.1 Å². The molecule has 1 aromatic carbocycles. The zero-order valence-electron chi connectivity index (χ0n) is 20.1. The lowest BCUT2D eigenvalue weighted by Gasteiger charge is -2.29. The molecular formula is C24H25N3O8S. The predicted octanol–water partition coefficient (Wildman–Crippen LogP) is 3.64. The Bertz CT molecular complexity index is 1250. The molecule has 1 aliphatic rings. The summed E-state index contributed by atoms with van der Waals surface area (Å²) >= 11 is 0.873. The van der Waals surface area contributed by atoms with E-state index >= 15 is 0 Å². The van der Waals surface area contributed by atoms with Gasteiger partial charge in [0.15, 0.2) is 0 Å². The maximum Gasteiger partial charge on any atom is 0.336 e. The quantitative estimate of drug-likeness (QED) is 0.221. The van der Waals surface area contributed by atoms with Crippen LogP contribution in [0.1, 0.15) is 31.6 Å². The second-order valence-electron chi connectivity index (χ2n) is 7.75. The first-order valence-electron chi connectivity index (χ1n) is 10.8. The molecule has 0 spiro atoms. The minimum atomic E-state index is -0.896. The number of allylic oxidation sites excluding steroid dienone is 2. The number of esters is 2. The van der Waals surface area contributed by atoms with Gasteiger partial charge >= 0.3 is 16.9 Å². The van der Waals surface area contributed by atoms with Crippen molar-refractivity contribution in [3.63, 3.8) is 0 Å². The van der Waals surface area contributed by atoms with Crippen molar-refractivity contribution in [3.05, 3.63) is 73.9 Å². The number of hydrogen-bond donors (Lipinski definition) is 2. The van der Waals surface area contributed by atoms with E-state index in [0.717, 1.165) is 11.3 Å². The van der Waals surface area contributed by atoms with Crippen molar-refractivity contribution in [3.8, 4) is 5.75 Å². The SMILES string of the molecule is COC(=O)C1=C(C)NC(C)=C(C(=O)OCCOc2ccc(NC(C)=O)cc2)C1c1ccc([N+](=O)[O-])s1. The molecule has 3 rings (SSSR count). The molecule has 11 nitrogen and oxygen atoms in total. The zero-order chi connectivity index (χ0) is 26.4. The minimum absolute atomic E-state index is 0.0544. The standard InChI is InChI=1S/C24H25N3O8S/c1-13-20(23(29)33-4)22(18-9-10-19(36-18)27(31)32)21(14(2)25-13)24(30)35-12-11-34-17-7-5-16(6-8-17)26-15(3)28/h5-10,22,25H,11-12H2,1-4H3,(H,26,28). The largest absolute Gasteiger partial charge is 0.490 e. The maximum atomic E-state index is 13.1. The van der Waals surface area contributed by atoms with Gasteiger partial charge in [-0.05, 0) is 44.2 Å². The molecule has 1 aromatic heterocycles. The molecule has 190 valence electrons. The van der Waals surface area contributed by atoms with E-state index in [1.165, 1.54) is 26.2 Å². The Balaban J connectivity index is 1.74. The minimum Gasteiger partial charge on any atom is -0.490 e. The van der Waals surface area contributed by atoms with E-state index < -0.39 is 22.8 Å². The van der Waals surface area contributed by atoms with Crippen LogP contribution in [0, 0.1) is 10.1 Å². The van der Waals surface area contributed by atoms with Crippen molar-refractivity contribution < 1.29 is 33.5 Å². The molecule has 0 bridgehead atoms. The second kappa shape index (κ2) is 11.5. The molecule has 0 saturated carbocycles. The van der Waals surface area contributed by atoms with Crippen molar-refractivity contribution in [2.24, 2.45) is 0 Å². The van der Waals surface area contributed by atoms with E-state index in [-0.39, 0.29) is 35.3 Å². The number of nitrogens with one attached hydrogen (secondary N) is 2. The van der Waals surface area contributed by atoms with Crippen LogP contribution >= 0.6 is 11.3 Å². The van der Waals surface area contributed by atoms with Crippen LogP contribution in [0.25, 0.3) is 0 Å². The molecular weight excluding hydrogens is 490 g/mol. The van der Waals surface area contributed by atoms with Crippen LogP contribution in [0.3, 0.4) is 0 Å². The van der Waals surface area contributed by atoms with Gasteiger partial charge in [-0.3, -0.25) is 14.9 Å². The summed E-state index contributed by atoms with van der Waals surface area (Å²) in [6, 6.07) is 9.54. The maximum absolute atomic E-state index is 13.1. The van der Waals surface area contributed by atoms with Crippen molar-refractivity contribution in [1.82, 2.24) is 5.32 Å². The number of anilines is 1. The van der Waals surface area contributed by atoms with Gasteiger partial charge in [-0.1, -0.05) is 11.3 Å². The summed E-state index contributed by atoms with van der Waals surface area (Å²) in [5.74, 6) is -1.92. The van der Waals surface area contributed by atoms with Crippen LogP contribution in [0.5, 0.6) is 5.75 Å². The summed E-state index contributed by atoms with van der Waals surface area (Å²) < 4.78 is 15.9. The van der Waals surface area contributed by atoms with Crippen LogP contribution in [0.4, 0.5) is 10.7 Å². The summed E-state index contributed by atoms with van der Waals surface area (Å²) in [5, 5.41) is 16.8. The van der Waals surface area contributed by atoms with Crippen molar-refractivity contribution >= 4 is 39.9 Å². The Morgan fingerprint density at radius 2 is 1.67 bits per heavy atom. The highest BCUT2D eigenvalue weighted by molar-refractivity contribution is 7.15. The fraction of sp³-hybridized carbons (Fsp3) is 0.292. The summed E-state index contributed by atoms with van der Waals surface area (Å²) in [7, 11) is 1.22. The lowest BCUT2D eigenvalue weighted by molar-refractivity contribution is -0.380. The van der Waals surface area contributed by atoms with E-state index in [2.05, 4.69) is 10.6 Å². The number of carbonyl (C=O) groups is 3. The zero-order valence-corrected chi connectivity index (χ0v) is 20.9. The molecule has 2 heterocycles. The third-order valence-corrected chi connectivity index (χ3v) is 6.32. The number of methoxy groups -OCH3 is 1. The Morgan fingerprint density at radius 3 is 2.22 bits per heavy atom. The Kier molecular flexibility index (Phi) is 8.43. The Morgan fingerprint density at radius 1 is 1.03 bits per heavy atom. The first kappa shape index (κ1) is 26.4. The van der Waals surface area contributed by atoms with Crippen molar-refractivity contribution in [1.29, 1.82) is 0 Å². The number of dihydropyridines is 1. The smallest absolute Gasteiger partial charge is 0.336 e. The van der Waals surface area contributed by atoms with E-state index in [0.29, 0.717) is 27.7 Å². The number of hydrogen-bond acceptors (Lipinski definition) is 10. The number of nitrogens with zero attached hydrogens (tertiary/aromatic N) is 1. The summed E-state index contributed by atoms with van der Waals surface area (Å²) in [5.41, 5.74) is 1.88. The van der Waals surface area contributed by atoms with Gasteiger partial charge in [-0.25, -0.2) is 9.59 Å². The first-order valence-corrected chi connectivity index (χ1v) is 11.6. The van der Waals surface area contributed by atoms with E-state index in [1.807, 2.05) is 0 Å². The second-order valence-corrected chi connectivity index (χ2v) is 8.84. The Labute approximate surface area is 210 Å². The average molecular weight is 516 g/mol. The van der Waals surface area contributed by atoms with Gasteiger partial charge in [0.2, 0.25) is 5.91 Å². The third-order valence-electron chi connectivity index (χ3n) is 5.22. The van der Waals surface area contributed by atoms with Gasteiger partial charge in [0, 0.05) is 34.9 Å². The molecule has 36 heavy (non-hydrogen) atoms. The highest BCUT2D eigenvalue weighted by Crippen LogP contribution is 2.43. The number of rotatable bonds is 9. The number of amides is 1. The number of ether oxygens (including phenoxy) is 3. The summed E-state index contributed by atoms with van der Waals surface area (Å²) in [6.45, 7) is 4.71. The molecule has 1 atom stereocenters. The van der Waals surface area contributed by atoms with Gasteiger partial charge < -0.3 is 24.8 Å². The molecule has 1 amide bonds. The number of benzene rings is 1. The molecule has 0 saturated heterocycles. The predicted molar refractivity (Wildman–Crippen MR) is 131 cm³/mol. The van der Waals surface area contributed by atoms with E-state index in [1.54, 1.807) is 38.1 Å². The normalized spacial score (nSPS) is 15.2. The lowest BCUT2D eigenvalue weighted by atomic mass is 9.84. The Hall–Kier alpha value is -4.19. The number of thiophene rings is 1. The lowest BCUT2D eigenvalue weighted by Crippen LogP contribution is -2.32. The van der Waals surface area contributed by atoms with Crippen LogP contribution in [0.2, 0.25) is 0 Å². The van der Waals surface area contributed by atoms with Crippen LogP contribution in [-0.2, 0) is 23.9 Å². The first-order chi connectivity index (χ1) is 17.1. The van der Waals surface area contributed by atoms with E-state index in [9.17, 15) is 24.5 Å².